The molecule has 8 heteroatoms. The summed E-state index contributed by atoms with van der Waals surface area (Å²) in [5.41, 5.74) is 3.60. The SMILES string of the molecule is CN[C@@H](C)C(=O)Nc1ncc(-c2ccc(F)cc2)n(CCN(C)C2CCCc3ccccc32)c1=O. The van der Waals surface area contributed by atoms with Crippen molar-refractivity contribution >= 4 is 11.7 Å². The molecule has 1 heterocycles. The summed E-state index contributed by atoms with van der Waals surface area (Å²) in [7, 11) is 3.75. The van der Waals surface area contributed by atoms with Crippen molar-refractivity contribution < 1.29 is 9.18 Å². The maximum Gasteiger partial charge on any atom is 0.294 e. The number of fused-ring (bicyclic) bond motifs is 1. The molecule has 7 nitrogen and oxygen atoms in total. The van der Waals surface area contributed by atoms with Gasteiger partial charge in [0.2, 0.25) is 5.91 Å². The number of hydrogen-bond acceptors (Lipinski definition) is 5. The molecule has 0 radical (unpaired) electrons. The number of anilines is 1. The molecule has 1 aliphatic carbocycles. The van der Waals surface area contributed by atoms with E-state index in [1.54, 1.807) is 36.9 Å². The Bertz CT molecular complexity index is 1240. The molecule has 3 aromatic rings. The van der Waals surface area contributed by atoms with E-state index in [0.29, 0.717) is 24.3 Å². The first kappa shape index (κ1) is 24.8. The van der Waals surface area contributed by atoms with Crippen LogP contribution in [0, 0.1) is 5.82 Å². The molecular formula is C27H32FN5O2. The number of carbonyl (C=O) groups is 1. The van der Waals surface area contributed by atoms with Crippen LogP contribution in [0.1, 0.15) is 36.9 Å². The van der Waals surface area contributed by atoms with Gasteiger partial charge < -0.3 is 15.2 Å². The van der Waals surface area contributed by atoms with Gasteiger partial charge in [0.1, 0.15) is 5.82 Å². The second-order valence-electron chi connectivity index (χ2n) is 9.04. The molecule has 184 valence electrons. The number of amides is 1. The minimum absolute atomic E-state index is 0.0198. The Hall–Kier alpha value is -3.36. The first-order valence-corrected chi connectivity index (χ1v) is 12.0. The minimum atomic E-state index is -0.473. The van der Waals surface area contributed by atoms with Crippen LogP contribution in [0.5, 0.6) is 0 Å². The highest BCUT2D eigenvalue weighted by molar-refractivity contribution is 5.93. The lowest BCUT2D eigenvalue weighted by Gasteiger charge is -2.33. The molecule has 2 atom stereocenters. The van der Waals surface area contributed by atoms with Crippen LogP contribution in [0.15, 0.2) is 59.5 Å². The van der Waals surface area contributed by atoms with Crippen LogP contribution in [0.25, 0.3) is 11.3 Å². The summed E-state index contributed by atoms with van der Waals surface area (Å²) >= 11 is 0. The zero-order chi connectivity index (χ0) is 24.9. The van der Waals surface area contributed by atoms with E-state index in [0.717, 1.165) is 19.3 Å². The van der Waals surface area contributed by atoms with Crippen molar-refractivity contribution in [1.82, 2.24) is 19.8 Å². The number of halogens is 1. The largest absolute Gasteiger partial charge is 0.309 e. The molecule has 0 saturated heterocycles. The van der Waals surface area contributed by atoms with Gasteiger partial charge in [0.15, 0.2) is 5.82 Å². The number of aromatic nitrogens is 2. The fourth-order valence-corrected chi connectivity index (χ4v) is 4.60. The van der Waals surface area contributed by atoms with Gasteiger partial charge in [-0.05, 0) is 75.7 Å². The van der Waals surface area contributed by atoms with Gasteiger partial charge in [-0.25, -0.2) is 9.37 Å². The van der Waals surface area contributed by atoms with E-state index in [-0.39, 0.29) is 29.1 Å². The normalized spacial score (nSPS) is 16.1. The summed E-state index contributed by atoms with van der Waals surface area (Å²) in [6, 6.07) is 14.3. The molecule has 2 aromatic carbocycles. The molecule has 0 bridgehead atoms. The molecule has 1 aromatic heterocycles. The van der Waals surface area contributed by atoms with Gasteiger partial charge in [-0.1, -0.05) is 24.3 Å². The summed E-state index contributed by atoms with van der Waals surface area (Å²) in [5.74, 6) is -0.709. The Balaban J connectivity index is 1.63. The predicted molar refractivity (Wildman–Crippen MR) is 136 cm³/mol. The maximum absolute atomic E-state index is 13.5. The number of benzene rings is 2. The number of rotatable bonds is 8. The lowest BCUT2D eigenvalue weighted by Crippen LogP contribution is -2.39. The number of carbonyl (C=O) groups excluding carboxylic acids is 1. The van der Waals surface area contributed by atoms with Crippen molar-refractivity contribution in [2.24, 2.45) is 0 Å². The highest BCUT2D eigenvalue weighted by Crippen LogP contribution is 2.33. The average molecular weight is 478 g/mol. The van der Waals surface area contributed by atoms with E-state index in [1.165, 1.54) is 23.3 Å². The lowest BCUT2D eigenvalue weighted by molar-refractivity contribution is -0.117. The summed E-state index contributed by atoms with van der Waals surface area (Å²) in [6.07, 6.45) is 4.84. The highest BCUT2D eigenvalue weighted by Gasteiger charge is 2.24. The van der Waals surface area contributed by atoms with Crippen molar-refractivity contribution in [2.45, 2.75) is 44.8 Å². The second kappa shape index (κ2) is 10.9. The number of nitrogens with zero attached hydrogens (tertiary/aromatic N) is 3. The predicted octanol–water partition coefficient (Wildman–Crippen LogP) is 3.61. The first-order chi connectivity index (χ1) is 16.9. The fraction of sp³-hybridized carbons (Fsp3) is 0.370. The Morgan fingerprint density at radius 2 is 1.97 bits per heavy atom. The van der Waals surface area contributed by atoms with Crippen LogP contribution in [0.3, 0.4) is 0 Å². The van der Waals surface area contributed by atoms with Gasteiger partial charge in [-0.2, -0.15) is 0 Å². The zero-order valence-corrected chi connectivity index (χ0v) is 20.4. The summed E-state index contributed by atoms with van der Waals surface area (Å²) in [5, 5.41) is 5.49. The number of hydrogen-bond donors (Lipinski definition) is 2. The van der Waals surface area contributed by atoms with Gasteiger partial charge in [0.05, 0.1) is 17.9 Å². The Morgan fingerprint density at radius 3 is 2.71 bits per heavy atom. The second-order valence-corrected chi connectivity index (χ2v) is 9.04. The van der Waals surface area contributed by atoms with E-state index >= 15 is 0 Å². The third-order valence-corrected chi connectivity index (χ3v) is 6.81. The molecule has 1 unspecified atom stereocenters. The molecule has 0 spiro atoms. The van der Waals surface area contributed by atoms with Crippen molar-refractivity contribution in [2.75, 3.05) is 26.0 Å². The van der Waals surface area contributed by atoms with Gasteiger partial charge in [-0.15, -0.1) is 0 Å². The quantitative estimate of drug-likeness (QED) is 0.518. The standard InChI is InChI=1S/C27H32FN5O2/c1-18(29-2)26(34)31-25-27(35)33(24(17-30-25)20-11-13-21(28)14-12-20)16-15-32(3)23-10-6-8-19-7-4-5-9-22(19)23/h4-5,7,9,11-14,17-18,23,29H,6,8,10,15-16H2,1-3H3,(H,30,31,34)/t18-,23?/m0/s1. The third kappa shape index (κ3) is 5.49. The van der Waals surface area contributed by atoms with Gasteiger partial charge >= 0.3 is 0 Å². The summed E-state index contributed by atoms with van der Waals surface area (Å²) < 4.78 is 15.2. The maximum atomic E-state index is 13.5. The van der Waals surface area contributed by atoms with Crippen LogP contribution in [-0.4, -0.2) is 47.0 Å². The average Bonchev–Trinajstić information content (AvgIpc) is 2.88. The van der Waals surface area contributed by atoms with Crippen molar-refractivity contribution in [3.8, 4) is 11.3 Å². The molecule has 1 aliphatic rings. The molecule has 35 heavy (non-hydrogen) atoms. The molecule has 4 rings (SSSR count). The highest BCUT2D eigenvalue weighted by atomic mass is 19.1. The van der Waals surface area contributed by atoms with Gasteiger partial charge in [-0.3, -0.25) is 14.5 Å². The van der Waals surface area contributed by atoms with Crippen molar-refractivity contribution in [3.05, 3.63) is 82.0 Å². The molecular weight excluding hydrogens is 445 g/mol. The monoisotopic (exact) mass is 477 g/mol. The van der Waals surface area contributed by atoms with Crippen molar-refractivity contribution in [3.63, 3.8) is 0 Å². The van der Waals surface area contributed by atoms with Crippen LogP contribution < -0.4 is 16.2 Å². The smallest absolute Gasteiger partial charge is 0.294 e. The van der Waals surface area contributed by atoms with E-state index in [4.69, 9.17) is 0 Å². The number of aryl methyl sites for hydroxylation is 1. The van der Waals surface area contributed by atoms with Crippen LogP contribution in [-0.2, 0) is 17.8 Å². The Labute approximate surface area is 205 Å². The third-order valence-electron chi connectivity index (χ3n) is 6.81. The molecule has 0 saturated carbocycles. The van der Waals surface area contributed by atoms with Crippen LogP contribution in [0.4, 0.5) is 10.2 Å². The van der Waals surface area contributed by atoms with E-state index in [9.17, 15) is 14.0 Å². The van der Waals surface area contributed by atoms with E-state index in [1.807, 2.05) is 0 Å². The van der Waals surface area contributed by atoms with Crippen LogP contribution in [0.2, 0.25) is 0 Å². The van der Waals surface area contributed by atoms with Crippen molar-refractivity contribution in [1.29, 1.82) is 0 Å². The van der Waals surface area contributed by atoms with E-state index in [2.05, 4.69) is 51.8 Å². The van der Waals surface area contributed by atoms with Gasteiger partial charge in [0, 0.05) is 24.7 Å². The molecule has 1 amide bonds. The van der Waals surface area contributed by atoms with Crippen LogP contribution >= 0.6 is 0 Å². The first-order valence-electron chi connectivity index (χ1n) is 12.0. The minimum Gasteiger partial charge on any atom is -0.309 e. The molecule has 0 aliphatic heterocycles. The Kier molecular flexibility index (Phi) is 7.73. The lowest BCUT2D eigenvalue weighted by atomic mass is 9.87. The molecule has 0 fully saturated rings. The Morgan fingerprint density at radius 1 is 1.23 bits per heavy atom. The van der Waals surface area contributed by atoms with Gasteiger partial charge in [0.25, 0.3) is 5.56 Å². The summed E-state index contributed by atoms with van der Waals surface area (Å²) in [6.45, 7) is 2.73. The molecule has 2 N–H and O–H groups in total. The zero-order valence-electron chi connectivity index (χ0n) is 20.4. The fourth-order valence-electron chi connectivity index (χ4n) is 4.60. The number of nitrogens with one attached hydrogen (secondary N) is 2. The topological polar surface area (TPSA) is 79.3 Å². The number of likely N-dealkylation sites (N-methyl/N-ethyl adjacent to an activating group) is 2. The van der Waals surface area contributed by atoms with E-state index < -0.39 is 6.04 Å². The summed E-state index contributed by atoms with van der Waals surface area (Å²) in [4.78, 5) is 32.3.